The second kappa shape index (κ2) is 7.50. The molecule has 0 radical (unpaired) electrons. The van der Waals surface area contributed by atoms with Crippen molar-refractivity contribution in [2.75, 3.05) is 4.90 Å². The van der Waals surface area contributed by atoms with Gasteiger partial charge in [0, 0.05) is 12.6 Å². The largest absolute Gasteiger partial charge is 0.465 e. The van der Waals surface area contributed by atoms with Gasteiger partial charge in [0.2, 0.25) is 0 Å². The predicted octanol–water partition coefficient (Wildman–Crippen LogP) is 3.93. The number of fused-ring (bicyclic) bond motifs is 1. The number of carboxylic acid groups (broad SMARTS) is 1. The number of nitrogens with one attached hydrogen (secondary N) is 1. The zero-order valence-electron chi connectivity index (χ0n) is 14.8. The van der Waals surface area contributed by atoms with E-state index in [1.807, 2.05) is 5.32 Å². The van der Waals surface area contributed by atoms with Crippen molar-refractivity contribution in [3.05, 3.63) is 59.4 Å². The first-order valence-corrected chi connectivity index (χ1v) is 8.40. The Bertz CT molecular complexity index is 959. The molecule has 30 heavy (non-hydrogen) atoms. The molecule has 0 aliphatic carbocycles. The summed E-state index contributed by atoms with van der Waals surface area (Å²) in [6.07, 6.45) is -10.4. The number of hydrogen-bond acceptors (Lipinski definition) is 3. The first kappa shape index (κ1) is 21.4. The maximum Gasteiger partial charge on any atom is 0.416 e. The van der Waals surface area contributed by atoms with Crippen molar-refractivity contribution < 1.29 is 41.0 Å². The first-order chi connectivity index (χ1) is 13.9. The van der Waals surface area contributed by atoms with E-state index in [1.165, 1.54) is 18.3 Å². The molecule has 1 aliphatic heterocycles. The SMILES string of the molecule is O=C(O)NC1Cc2ncccc2N(C(c2ccc(C(F)(F)F)cc2)C(F)(F)F)C1=O. The Labute approximate surface area is 165 Å². The number of nitrogens with zero attached hydrogens (tertiary/aromatic N) is 2. The summed E-state index contributed by atoms with van der Waals surface area (Å²) in [7, 11) is 0. The van der Waals surface area contributed by atoms with Gasteiger partial charge in [0.15, 0.2) is 6.04 Å². The average molecular weight is 433 g/mol. The minimum Gasteiger partial charge on any atom is -0.465 e. The summed E-state index contributed by atoms with van der Waals surface area (Å²) < 4.78 is 80.4. The molecular formula is C18H13F6N3O3. The van der Waals surface area contributed by atoms with Crippen LogP contribution in [0.5, 0.6) is 0 Å². The number of benzene rings is 1. The Morgan fingerprint density at radius 2 is 1.77 bits per heavy atom. The van der Waals surface area contributed by atoms with E-state index in [9.17, 15) is 35.9 Å². The van der Waals surface area contributed by atoms with Gasteiger partial charge in [-0.1, -0.05) is 12.1 Å². The number of aromatic nitrogens is 1. The molecule has 6 nitrogen and oxygen atoms in total. The van der Waals surface area contributed by atoms with Gasteiger partial charge in [-0.3, -0.25) is 14.7 Å². The molecule has 2 aromatic rings. The van der Waals surface area contributed by atoms with E-state index < -0.39 is 47.6 Å². The van der Waals surface area contributed by atoms with Crippen molar-refractivity contribution in [2.45, 2.75) is 30.9 Å². The van der Waals surface area contributed by atoms with Gasteiger partial charge >= 0.3 is 18.4 Å². The van der Waals surface area contributed by atoms with Gasteiger partial charge < -0.3 is 10.4 Å². The van der Waals surface area contributed by atoms with Crippen LogP contribution < -0.4 is 10.2 Å². The Morgan fingerprint density at radius 3 is 2.30 bits per heavy atom. The van der Waals surface area contributed by atoms with E-state index in [2.05, 4.69) is 4.98 Å². The molecule has 0 saturated carbocycles. The molecule has 3 rings (SSSR count). The third kappa shape index (κ3) is 4.16. The summed E-state index contributed by atoms with van der Waals surface area (Å²) in [4.78, 5) is 28.0. The first-order valence-electron chi connectivity index (χ1n) is 8.40. The third-order valence-electron chi connectivity index (χ3n) is 4.48. The number of rotatable bonds is 3. The smallest absolute Gasteiger partial charge is 0.416 e. The highest BCUT2D eigenvalue weighted by Gasteiger charge is 2.51. The zero-order valence-corrected chi connectivity index (χ0v) is 14.8. The van der Waals surface area contributed by atoms with Crippen molar-refractivity contribution in [2.24, 2.45) is 0 Å². The molecule has 1 aromatic carbocycles. The second-order valence-electron chi connectivity index (χ2n) is 6.45. The maximum atomic E-state index is 14.0. The van der Waals surface area contributed by atoms with Crippen molar-refractivity contribution in [1.82, 2.24) is 10.3 Å². The van der Waals surface area contributed by atoms with Gasteiger partial charge in [-0.15, -0.1) is 0 Å². The number of carbonyl (C=O) groups is 2. The summed E-state index contributed by atoms with van der Waals surface area (Å²) in [6.45, 7) is 0. The molecule has 0 bridgehead atoms. The van der Waals surface area contributed by atoms with Gasteiger partial charge in [-0.2, -0.15) is 26.3 Å². The van der Waals surface area contributed by atoms with E-state index in [4.69, 9.17) is 5.11 Å². The number of halogens is 6. The molecule has 1 aromatic heterocycles. The fraction of sp³-hybridized carbons (Fsp3) is 0.278. The summed E-state index contributed by atoms with van der Waals surface area (Å²) in [6, 6.07) is 0.568. The van der Waals surface area contributed by atoms with E-state index in [0.717, 1.165) is 0 Å². The lowest BCUT2D eigenvalue weighted by Crippen LogP contribution is -2.56. The van der Waals surface area contributed by atoms with Crippen molar-refractivity contribution in [3.8, 4) is 0 Å². The van der Waals surface area contributed by atoms with Crippen LogP contribution in [0.25, 0.3) is 0 Å². The fourth-order valence-corrected chi connectivity index (χ4v) is 3.24. The average Bonchev–Trinajstić information content (AvgIpc) is 2.63. The Morgan fingerprint density at radius 1 is 1.13 bits per heavy atom. The molecule has 2 atom stereocenters. The van der Waals surface area contributed by atoms with Crippen molar-refractivity contribution in [3.63, 3.8) is 0 Å². The highest BCUT2D eigenvalue weighted by molar-refractivity contribution is 6.02. The third-order valence-corrected chi connectivity index (χ3v) is 4.48. The summed E-state index contributed by atoms with van der Waals surface area (Å²) >= 11 is 0. The van der Waals surface area contributed by atoms with E-state index in [-0.39, 0.29) is 17.8 Å². The lowest BCUT2D eigenvalue weighted by molar-refractivity contribution is -0.156. The number of hydrogen-bond donors (Lipinski definition) is 2. The lowest BCUT2D eigenvalue weighted by Gasteiger charge is -2.39. The summed E-state index contributed by atoms with van der Waals surface area (Å²) in [5, 5.41) is 10.8. The molecule has 160 valence electrons. The van der Waals surface area contributed by atoms with Gasteiger partial charge in [0.05, 0.1) is 16.9 Å². The summed E-state index contributed by atoms with van der Waals surface area (Å²) in [5.74, 6) is -1.19. The van der Waals surface area contributed by atoms with Crippen LogP contribution in [0.1, 0.15) is 22.9 Å². The van der Waals surface area contributed by atoms with Crippen LogP contribution in [0.2, 0.25) is 0 Å². The normalized spacial score (nSPS) is 18.0. The van der Waals surface area contributed by atoms with Crippen LogP contribution in [0, 0.1) is 0 Å². The predicted molar refractivity (Wildman–Crippen MR) is 90.6 cm³/mol. The van der Waals surface area contributed by atoms with Crippen molar-refractivity contribution >= 4 is 17.7 Å². The van der Waals surface area contributed by atoms with Crippen LogP contribution in [-0.4, -0.2) is 34.3 Å². The number of anilines is 1. The standard InChI is InChI=1S/C18H13F6N3O3/c19-17(20,21)10-5-3-9(4-6-10)14(18(22,23)24)27-13-2-1-7-25-11(13)8-12(15(27)28)26-16(29)30/h1-7,12,14,26H,8H2,(H,29,30). The molecule has 2 amide bonds. The van der Waals surface area contributed by atoms with E-state index >= 15 is 0 Å². The molecule has 0 spiro atoms. The van der Waals surface area contributed by atoms with Crippen LogP contribution in [0.3, 0.4) is 0 Å². The second-order valence-corrected chi connectivity index (χ2v) is 6.45. The minimum absolute atomic E-state index is 0.0389. The lowest BCUT2D eigenvalue weighted by atomic mass is 9.95. The molecule has 2 N–H and O–H groups in total. The molecule has 2 unspecified atom stereocenters. The Kier molecular flexibility index (Phi) is 5.35. The Balaban J connectivity index is 2.13. The van der Waals surface area contributed by atoms with Crippen LogP contribution >= 0.6 is 0 Å². The highest BCUT2D eigenvalue weighted by atomic mass is 19.4. The fourth-order valence-electron chi connectivity index (χ4n) is 3.24. The number of pyridine rings is 1. The molecule has 0 fully saturated rings. The van der Waals surface area contributed by atoms with E-state index in [0.29, 0.717) is 29.2 Å². The van der Waals surface area contributed by atoms with Crippen LogP contribution in [0.4, 0.5) is 36.8 Å². The maximum absolute atomic E-state index is 14.0. The van der Waals surface area contributed by atoms with Crippen LogP contribution in [0.15, 0.2) is 42.6 Å². The molecule has 12 heteroatoms. The van der Waals surface area contributed by atoms with Gasteiger partial charge in [-0.25, -0.2) is 4.79 Å². The van der Waals surface area contributed by atoms with Crippen molar-refractivity contribution in [1.29, 1.82) is 0 Å². The Hall–Kier alpha value is -3.31. The molecule has 2 heterocycles. The quantitative estimate of drug-likeness (QED) is 0.719. The minimum atomic E-state index is -5.08. The van der Waals surface area contributed by atoms with Gasteiger partial charge in [0.25, 0.3) is 5.91 Å². The molecule has 0 saturated heterocycles. The molecular weight excluding hydrogens is 420 g/mol. The highest BCUT2D eigenvalue weighted by Crippen LogP contribution is 2.43. The number of amides is 2. The number of alkyl halides is 6. The van der Waals surface area contributed by atoms with Crippen LogP contribution in [-0.2, 0) is 17.4 Å². The molecule has 1 aliphatic rings. The van der Waals surface area contributed by atoms with Gasteiger partial charge in [0.1, 0.15) is 6.04 Å². The monoisotopic (exact) mass is 433 g/mol. The zero-order chi connectivity index (χ0) is 22.3. The number of carbonyl (C=O) groups excluding carboxylic acids is 1. The van der Waals surface area contributed by atoms with E-state index in [1.54, 1.807) is 0 Å². The topological polar surface area (TPSA) is 82.5 Å². The van der Waals surface area contributed by atoms with Gasteiger partial charge in [-0.05, 0) is 29.8 Å². The summed E-state index contributed by atoms with van der Waals surface area (Å²) in [5.41, 5.74) is -1.93.